The van der Waals surface area contributed by atoms with Gasteiger partial charge in [0.2, 0.25) is 0 Å². The fourth-order valence-electron chi connectivity index (χ4n) is 1.52. The zero-order valence-corrected chi connectivity index (χ0v) is 9.29. The van der Waals surface area contributed by atoms with Crippen molar-refractivity contribution in [3.05, 3.63) is 34.9 Å². The molecule has 4 nitrogen and oxygen atoms in total. The zero-order valence-electron chi connectivity index (χ0n) is 9.29. The second kappa shape index (κ2) is 4.91. The Morgan fingerprint density at radius 2 is 2.07 bits per heavy atom. The summed E-state index contributed by atoms with van der Waals surface area (Å²) in [5.41, 5.74) is 13.9. The second-order valence-corrected chi connectivity index (χ2v) is 3.58. The number of hydrazine groups is 1. The lowest BCUT2D eigenvalue weighted by Crippen LogP contribution is -2.41. The first-order chi connectivity index (χ1) is 7.06. The van der Waals surface area contributed by atoms with E-state index < -0.39 is 6.04 Å². The number of carbonyl (C=O) groups excluding carboxylic acids is 1. The first-order valence-corrected chi connectivity index (χ1v) is 4.85. The van der Waals surface area contributed by atoms with Gasteiger partial charge in [0.15, 0.2) is 0 Å². The molecule has 15 heavy (non-hydrogen) atoms. The molecule has 0 aromatic heterocycles. The fourth-order valence-corrected chi connectivity index (χ4v) is 1.52. The summed E-state index contributed by atoms with van der Waals surface area (Å²) >= 11 is 0. The van der Waals surface area contributed by atoms with Crippen molar-refractivity contribution in [3.8, 4) is 0 Å². The smallest absolute Gasteiger partial charge is 0.255 e. The Morgan fingerprint density at radius 3 is 2.60 bits per heavy atom. The van der Waals surface area contributed by atoms with Gasteiger partial charge in [0.25, 0.3) is 5.91 Å². The molecule has 0 aliphatic heterocycles. The van der Waals surface area contributed by atoms with Crippen LogP contribution in [-0.2, 0) is 4.79 Å². The monoisotopic (exact) mass is 207 g/mol. The van der Waals surface area contributed by atoms with Crippen molar-refractivity contribution in [1.82, 2.24) is 10.9 Å². The van der Waals surface area contributed by atoms with Gasteiger partial charge in [0.05, 0.1) is 0 Å². The largest absolute Gasteiger partial charge is 0.316 e. The van der Waals surface area contributed by atoms with Crippen molar-refractivity contribution in [2.24, 2.45) is 5.73 Å². The van der Waals surface area contributed by atoms with Gasteiger partial charge in [-0.25, -0.2) is 5.43 Å². The molecule has 1 aromatic carbocycles. The van der Waals surface area contributed by atoms with Crippen LogP contribution in [0.15, 0.2) is 18.2 Å². The second-order valence-electron chi connectivity index (χ2n) is 3.58. The Bertz CT molecular complexity index is 363. The maximum absolute atomic E-state index is 11.5. The van der Waals surface area contributed by atoms with Crippen LogP contribution in [0.1, 0.15) is 22.7 Å². The van der Waals surface area contributed by atoms with Gasteiger partial charge in [-0.05, 0) is 25.0 Å². The van der Waals surface area contributed by atoms with Crippen molar-refractivity contribution in [1.29, 1.82) is 0 Å². The lowest BCUT2D eigenvalue weighted by molar-refractivity contribution is -0.123. The van der Waals surface area contributed by atoms with Gasteiger partial charge < -0.3 is 5.73 Å². The summed E-state index contributed by atoms with van der Waals surface area (Å²) in [6, 6.07) is 5.24. The number of benzene rings is 1. The van der Waals surface area contributed by atoms with Crippen molar-refractivity contribution >= 4 is 5.91 Å². The van der Waals surface area contributed by atoms with E-state index in [9.17, 15) is 4.79 Å². The SMILES string of the molecule is CNNC(=O)C(N)c1ccc(C)cc1C. The summed E-state index contributed by atoms with van der Waals surface area (Å²) in [5, 5.41) is 0. The van der Waals surface area contributed by atoms with E-state index in [0.29, 0.717) is 0 Å². The standard InChI is InChI=1S/C11H17N3O/c1-7-4-5-9(8(2)6-7)10(12)11(15)14-13-3/h4-6,10,13H,12H2,1-3H3,(H,14,15). The fraction of sp³-hybridized carbons (Fsp3) is 0.364. The van der Waals surface area contributed by atoms with E-state index in [-0.39, 0.29) is 5.91 Å². The first kappa shape index (κ1) is 11.7. The normalized spacial score (nSPS) is 12.3. The Hall–Kier alpha value is -1.39. The molecule has 0 heterocycles. The van der Waals surface area contributed by atoms with Gasteiger partial charge >= 0.3 is 0 Å². The minimum atomic E-state index is -0.627. The molecule has 4 N–H and O–H groups in total. The molecular weight excluding hydrogens is 190 g/mol. The van der Waals surface area contributed by atoms with Crippen LogP contribution in [0.4, 0.5) is 0 Å². The number of hydrogen-bond acceptors (Lipinski definition) is 3. The number of amides is 1. The van der Waals surface area contributed by atoms with Crippen LogP contribution in [-0.4, -0.2) is 13.0 Å². The van der Waals surface area contributed by atoms with E-state index in [1.807, 2.05) is 32.0 Å². The minimum absolute atomic E-state index is 0.232. The van der Waals surface area contributed by atoms with Crippen LogP contribution in [0.25, 0.3) is 0 Å². The van der Waals surface area contributed by atoms with Gasteiger partial charge in [0, 0.05) is 7.05 Å². The quantitative estimate of drug-likeness (QED) is 0.634. The molecule has 82 valence electrons. The van der Waals surface area contributed by atoms with Gasteiger partial charge in [0.1, 0.15) is 6.04 Å². The molecule has 1 aromatic rings. The minimum Gasteiger partial charge on any atom is -0.316 e. The van der Waals surface area contributed by atoms with E-state index in [4.69, 9.17) is 5.73 Å². The molecule has 0 aliphatic carbocycles. The molecule has 0 bridgehead atoms. The Kier molecular flexibility index (Phi) is 3.82. The zero-order chi connectivity index (χ0) is 11.4. The lowest BCUT2D eigenvalue weighted by Gasteiger charge is -2.14. The average Bonchev–Trinajstić information content (AvgIpc) is 2.17. The third-order valence-corrected chi connectivity index (χ3v) is 2.29. The highest BCUT2D eigenvalue weighted by Gasteiger charge is 2.16. The highest BCUT2D eigenvalue weighted by molar-refractivity contribution is 5.82. The Labute approximate surface area is 89.8 Å². The van der Waals surface area contributed by atoms with Gasteiger partial charge in [-0.1, -0.05) is 23.8 Å². The highest BCUT2D eigenvalue weighted by atomic mass is 16.2. The molecule has 1 atom stereocenters. The lowest BCUT2D eigenvalue weighted by atomic mass is 9.99. The molecular formula is C11H17N3O. The number of aryl methyl sites for hydroxylation is 2. The molecule has 0 spiro atoms. The molecule has 1 rings (SSSR count). The number of nitrogens with two attached hydrogens (primary N) is 1. The molecule has 4 heteroatoms. The van der Waals surface area contributed by atoms with Crippen molar-refractivity contribution in [3.63, 3.8) is 0 Å². The Balaban J connectivity index is 2.91. The van der Waals surface area contributed by atoms with E-state index in [0.717, 1.165) is 16.7 Å². The van der Waals surface area contributed by atoms with Crippen LogP contribution in [0.5, 0.6) is 0 Å². The summed E-state index contributed by atoms with van der Waals surface area (Å²) in [4.78, 5) is 11.5. The van der Waals surface area contributed by atoms with Crippen LogP contribution < -0.4 is 16.6 Å². The van der Waals surface area contributed by atoms with Crippen molar-refractivity contribution in [2.75, 3.05) is 7.05 Å². The van der Waals surface area contributed by atoms with Gasteiger partial charge in [-0.15, -0.1) is 0 Å². The topological polar surface area (TPSA) is 67.1 Å². The molecule has 0 saturated heterocycles. The molecule has 0 radical (unpaired) electrons. The maximum Gasteiger partial charge on any atom is 0.255 e. The Morgan fingerprint density at radius 1 is 1.40 bits per heavy atom. The molecule has 0 aliphatic rings. The van der Waals surface area contributed by atoms with E-state index >= 15 is 0 Å². The summed E-state index contributed by atoms with van der Waals surface area (Å²) in [7, 11) is 1.63. The summed E-state index contributed by atoms with van der Waals surface area (Å²) in [6.45, 7) is 3.96. The van der Waals surface area contributed by atoms with Crippen LogP contribution in [0, 0.1) is 13.8 Å². The molecule has 1 unspecified atom stereocenters. The summed E-state index contributed by atoms with van der Waals surface area (Å²) in [6.07, 6.45) is 0. The highest BCUT2D eigenvalue weighted by Crippen LogP contribution is 2.16. The number of nitrogens with one attached hydrogen (secondary N) is 2. The van der Waals surface area contributed by atoms with Crippen LogP contribution in [0.2, 0.25) is 0 Å². The molecule has 0 saturated carbocycles. The predicted octanol–water partition coefficient (Wildman–Crippen LogP) is 0.554. The van der Waals surface area contributed by atoms with Crippen LogP contribution in [0.3, 0.4) is 0 Å². The first-order valence-electron chi connectivity index (χ1n) is 4.85. The van der Waals surface area contributed by atoms with E-state index in [2.05, 4.69) is 10.9 Å². The van der Waals surface area contributed by atoms with E-state index in [1.165, 1.54) is 0 Å². The third-order valence-electron chi connectivity index (χ3n) is 2.29. The maximum atomic E-state index is 11.5. The van der Waals surface area contributed by atoms with E-state index in [1.54, 1.807) is 7.05 Å². The summed E-state index contributed by atoms with van der Waals surface area (Å²) in [5.74, 6) is -0.232. The third kappa shape index (κ3) is 2.78. The molecule has 0 fully saturated rings. The molecule has 1 amide bonds. The number of hydrogen-bond donors (Lipinski definition) is 3. The van der Waals surface area contributed by atoms with Gasteiger partial charge in [-0.2, -0.15) is 0 Å². The number of carbonyl (C=O) groups is 1. The number of rotatable bonds is 3. The van der Waals surface area contributed by atoms with Crippen LogP contribution >= 0.6 is 0 Å². The average molecular weight is 207 g/mol. The summed E-state index contributed by atoms with van der Waals surface area (Å²) < 4.78 is 0. The van der Waals surface area contributed by atoms with Crippen molar-refractivity contribution < 1.29 is 4.79 Å². The van der Waals surface area contributed by atoms with Crippen molar-refractivity contribution in [2.45, 2.75) is 19.9 Å². The van der Waals surface area contributed by atoms with Gasteiger partial charge in [-0.3, -0.25) is 10.2 Å². The predicted molar refractivity (Wildman–Crippen MR) is 60.0 cm³/mol.